The Morgan fingerprint density at radius 3 is 2.50 bits per heavy atom. The van der Waals surface area contributed by atoms with Gasteiger partial charge in [-0.15, -0.1) is 0 Å². The van der Waals surface area contributed by atoms with E-state index in [0.717, 1.165) is 11.8 Å². The summed E-state index contributed by atoms with van der Waals surface area (Å²) in [6.45, 7) is 2.26. The van der Waals surface area contributed by atoms with E-state index < -0.39 is 0 Å². The molecule has 0 heterocycles. The molecule has 8 heteroatoms. The van der Waals surface area contributed by atoms with Crippen LogP contribution in [0.1, 0.15) is 6.92 Å². The number of anilines is 1. The quantitative estimate of drug-likeness (QED) is 0.571. The molecular formula is C12H16FN5OS. The van der Waals surface area contributed by atoms with Crippen molar-refractivity contribution in [2.45, 2.75) is 6.92 Å². The monoisotopic (exact) mass is 297 g/mol. The number of guanidine groups is 1. The highest BCUT2D eigenvalue weighted by atomic mass is 32.2. The summed E-state index contributed by atoms with van der Waals surface area (Å²) in [7, 11) is 0. The van der Waals surface area contributed by atoms with Gasteiger partial charge < -0.3 is 16.4 Å². The van der Waals surface area contributed by atoms with E-state index >= 15 is 0 Å². The average molecular weight is 297 g/mol. The van der Waals surface area contributed by atoms with Crippen molar-refractivity contribution in [3.05, 3.63) is 30.1 Å². The Morgan fingerprint density at radius 1 is 1.40 bits per heavy atom. The Balaban J connectivity index is 2.66. The Bertz CT molecular complexity index is 513. The van der Waals surface area contributed by atoms with Gasteiger partial charge in [-0.1, -0.05) is 11.8 Å². The van der Waals surface area contributed by atoms with E-state index in [1.54, 1.807) is 0 Å². The standard InChI is InChI=1S/C12H16FN5OS/c1-2-18(9-5-3-8(13)4-6-9)10(19)7-20-12(16)17-11(14)15/h3-6H,2,7H2,1H3,(H5,14,15,16,17). The van der Waals surface area contributed by atoms with Crippen LogP contribution in [-0.2, 0) is 4.79 Å². The second kappa shape index (κ2) is 7.49. The van der Waals surface area contributed by atoms with Crippen LogP contribution in [0, 0.1) is 11.2 Å². The van der Waals surface area contributed by atoms with Gasteiger partial charge in [0.1, 0.15) is 5.82 Å². The number of thioether (sulfide) groups is 1. The maximum atomic E-state index is 12.9. The third kappa shape index (κ3) is 4.88. The number of carbonyl (C=O) groups is 1. The van der Waals surface area contributed by atoms with Crippen molar-refractivity contribution in [1.29, 1.82) is 5.41 Å². The fraction of sp³-hybridized carbons (Fsp3) is 0.250. The van der Waals surface area contributed by atoms with Gasteiger partial charge >= 0.3 is 0 Å². The summed E-state index contributed by atoms with van der Waals surface area (Å²) in [5.74, 6) is -0.762. The van der Waals surface area contributed by atoms with Crippen LogP contribution in [0.5, 0.6) is 0 Å². The van der Waals surface area contributed by atoms with Gasteiger partial charge in [0.15, 0.2) is 11.1 Å². The molecule has 1 rings (SSSR count). The van der Waals surface area contributed by atoms with Crippen LogP contribution in [0.3, 0.4) is 0 Å². The fourth-order valence-electron chi connectivity index (χ4n) is 1.48. The van der Waals surface area contributed by atoms with Gasteiger partial charge in [0.2, 0.25) is 5.91 Å². The smallest absolute Gasteiger partial charge is 0.237 e. The van der Waals surface area contributed by atoms with Crippen LogP contribution < -0.4 is 16.4 Å². The second-order valence-corrected chi connectivity index (χ2v) is 4.71. The first-order valence-electron chi connectivity index (χ1n) is 5.81. The van der Waals surface area contributed by atoms with Crippen LogP contribution >= 0.6 is 11.8 Å². The molecule has 0 aromatic heterocycles. The molecule has 0 bridgehead atoms. The number of nitrogens with zero attached hydrogens (tertiary/aromatic N) is 2. The highest BCUT2D eigenvalue weighted by Gasteiger charge is 2.14. The minimum absolute atomic E-state index is 0.0286. The van der Waals surface area contributed by atoms with E-state index in [9.17, 15) is 9.18 Å². The van der Waals surface area contributed by atoms with Crippen LogP contribution in [0.25, 0.3) is 0 Å². The number of nitrogens with two attached hydrogens (primary N) is 2. The van der Waals surface area contributed by atoms with Crippen molar-refractivity contribution in [3.8, 4) is 0 Å². The third-order valence-corrected chi connectivity index (χ3v) is 3.07. The number of aliphatic imine (C=N–C) groups is 1. The maximum absolute atomic E-state index is 12.9. The molecule has 0 radical (unpaired) electrons. The van der Waals surface area contributed by atoms with E-state index in [1.165, 1.54) is 29.2 Å². The maximum Gasteiger partial charge on any atom is 0.237 e. The molecule has 0 spiro atoms. The van der Waals surface area contributed by atoms with Gasteiger partial charge in [-0.25, -0.2) is 4.39 Å². The normalized spacial score (nSPS) is 9.90. The number of hydrogen-bond acceptors (Lipinski definition) is 3. The first kappa shape index (κ1) is 16.0. The summed E-state index contributed by atoms with van der Waals surface area (Å²) in [6.07, 6.45) is 0. The molecule has 108 valence electrons. The number of amides is 1. The van der Waals surface area contributed by atoms with Crippen molar-refractivity contribution < 1.29 is 9.18 Å². The van der Waals surface area contributed by atoms with Crippen molar-refractivity contribution in [2.75, 3.05) is 17.2 Å². The molecule has 20 heavy (non-hydrogen) atoms. The lowest BCUT2D eigenvalue weighted by Crippen LogP contribution is -2.32. The van der Waals surface area contributed by atoms with E-state index in [-0.39, 0.29) is 28.6 Å². The Hall–Kier alpha value is -2.09. The van der Waals surface area contributed by atoms with Gasteiger partial charge in [-0.05, 0) is 31.2 Å². The topological polar surface area (TPSA) is 109 Å². The second-order valence-electron chi connectivity index (χ2n) is 3.74. The van der Waals surface area contributed by atoms with Gasteiger partial charge in [0, 0.05) is 12.2 Å². The van der Waals surface area contributed by atoms with Gasteiger partial charge in [0.05, 0.1) is 5.75 Å². The van der Waals surface area contributed by atoms with E-state index in [1.807, 2.05) is 6.92 Å². The minimum Gasteiger partial charge on any atom is -0.370 e. The lowest BCUT2D eigenvalue weighted by Gasteiger charge is -2.20. The largest absolute Gasteiger partial charge is 0.370 e. The summed E-state index contributed by atoms with van der Waals surface area (Å²) in [4.78, 5) is 17.1. The van der Waals surface area contributed by atoms with E-state index in [2.05, 4.69) is 4.99 Å². The predicted octanol–water partition coefficient (Wildman–Crippen LogP) is 1.12. The first-order chi connectivity index (χ1) is 9.43. The number of nitrogens with one attached hydrogen (secondary N) is 1. The van der Waals surface area contributed by atoms with Crippen LogP contribution in [0.2, 0.25) is 0 Å². The molecule has 0 saturated carbocycles. The Morgan fingerprint density at radius 2 is 2.00 bits per heavy atom. The Kier molecular flexibility index (Phi) is 5.98. The summed E-state index contributed by atoms with van der Waals surface area (Å²) in [5, 5.41) is 7.31. The van der Waals surface area contributed by atoms with Crippen LogP contribution in [0.4, 0.5) is 10.1 Å². The average Bonchev–Trinajstić information content (AvgIpc) is 2.38. The summed E-state index contributed by atoms with van der Waals surface area (Å²) < 4.78 is 12.9. The van der Waals surface area contributed by atoms with E-state index in [0.29, 0.717) is 12.2 Å². The summed E-state index contributed by atoms with van der Waals surface area (Å²) in [5.41, 5.74) is 10.9. The molecule has 1 aromatic carbocycles. The molecule has 0 aliphatic heterocycles. The molecular weight excluding hydrogens is 281 g/mol. The molecule has 5 N–H and O–H groups in total. The predicted molar refractivity (Wildman–Crippen MR) is 80.4 cm³/mol. The number of hydrogen-bond donors (Lipinski definition) is 3. The number of benzene rings is 1. The third-order valence-electron chi connectivity index (χ3n) is 2.32. The lowest BCUT2D eigenvalue weighted by molar-refractivity contribution is -0.116. The number of amidine groups is 1. The minimum atomic E-state index is -0.360. The number of halogens is 1. The molecule has 6 nitrogen and oxygen atoms in total. The van der Waals surface area contributed by atoms with Gasteiger partial charge in [-0.2, -0.15) is 4.99 Å². The fourth-order valence-corrected chi connectivity index (χ4v) is 2.07. The molecule has 1 amide bonds. The zero-order valence-corrected chi connectivity index (χ0v) is 11.8. The van der Waals surface area contributed by atoms with Crippen LogP contribution in [0.15, 0.2) is 29.3 Å². The highest BCUT2D eigenvalue weighted by molar-refractivity contribution is 8.14. The zero-order valence-electron chi connectivity index (χ0n) is 11.0. The Labute approximate surface area is 120 Å². The molecule has 0 aliphatic rings. The SMILES string of the molecule is CCN(C(=O)CSC(=N)N=C(N)N)c1ccc(F)cc1. The van der Waals surface area contributed by atoms with Gasteiger partial charge in [0.25, 0.3) is 0 Å². The van der Waals surface area contributed by atoms with Gasteiger partial charge in [-0.3, -0.25) is 10.2 Å². The molecule has 0 atom stereocenters. The summed E-state index contributed by atoms with van der Waals surface area (Å²) in [6, 6.07) is 5.64. The molecule has 0 unspecified atom stereocenters. The van der Waals surface area contributed by atoms with Crippen molar-refractivity contribution in [2.24, 2.45) is 16.5 Å². The molecule has 0 aliphatic carbocycles. The summed E-state index contributed by atoms with van der Waals surface area (Å²) >= 11 is 0.925. The molecule has 0 saturated heterocycles. The zero-order chi connectivity index (χ0) is 15.1. The van der Waals surface area contributed by atoms with E-state index in [4.69, 9.17) is 16.9 Å². The lowest BCUT2D eigenvalue weighted by atomic mass is 10.3. The number of carbonyl (C=O) groups excluding carboxylic acids is 1. The van der Waals surface area contributed by atoms with Crippen LogP contribution in [-0.4, -0.2) is 29.3 Å². The molecule has 0 fully saturated rings. The van der Waals surface area contributed by atoms with Crippen molar-refractivity contribution in [1.82, 2.24) is 0 Å². The van der Waals surface area contributed by atoms with Crippen molar-refractivity contribution >= 4 is 34.5 Å². The molecule has 1 aromatic rings. The number of rotatable bonds is 4. The first-order valence-corrected chi connectivity index (χ1v) is 6.79. The van der Waals surface area contributed by atoms with Crippen molar-refractivity contribution in [3.63, 3.8) is 0 Å². The highest BCUT2D eigenvalue weighted by Crippen LogP contribution is 2.16.